The number of esters is 1. The third-order valence-corrected chi connectivity index (χ3v) is 4.58. The number of nitrogens with one attached hydrogen (secondary N) is 2. The monoisotopic (exact) mass is 418 g/mol. The highest BCUT2D eigenvalue weighted by atomic mass is 32.2. The Labute approximate surface area is 173 Å². The van der Waals surface area contributed by atoms with Crippen molar-refractivity contribution in [1.82, 2.24) is 5.32 Å². The molecule has 0 radical (unpaired) electrons. The molecule has 2 amide bonds. The van der Waals surface area contributed by atoms with Gasteiger partial charge in [0, 0.05) is 11.3 Å². The van der Waals surface area contributed by atoms with Crippen molar-refractivity contribution in [3.63, 3.8) is 0 Å². The Morgan fingerprint density at radius 2 is 1.90 bits per heavy atom. The molecule has 2 N–H and O–H groups in total. The molecule has 2 aromatic rings. The maximum atomic E-state index is 13.2. The fourth-order valence-corrected chi connectivity index (χ4v) is 2.98. The van der Waals surface area contributed by atoms with Gasteiger partial charge in [-0.1, -0.05) is 23.8 Å². The van der Waals surface area contributed by atoms with Crippen LogP contribution >= 0.6 is 11.8 Å². The minimum Gasteiger partial charge on any atom is -0.454 e. The summed E-state index contributed by atoms with van der Waals surface area (Å²) in [5.74, 6) is -1.55. The van der Waals surface area contributed by atoms with E-state index < -0.39 is 30.3 Å². The Bertz CT molecular complexity index is 875. The minimum absolute atomic E-state index is 0.262. The number of halogens is 1. The second kappa shape index (κ2) is 11.2. The van der Waals surface area contributed by atoms with E-state index in [0.29, 0.717) is 17.7 Å². The lowest BCUT2D eigenvalue weighted by Gasteiger charge is -2.17. The molecule has 8 heteroatoms. The third kappa shape index (κ3) is 7.57. The van der Waals surface area contributed by atoms with Crippen LogP contribution < -0.4 is 10.6 Å². The van der Waals surface area contributed by atoms with Crippen LogP contribution in [0, 0.1) is 12.7 Å². The van der Waals surface area contributed by atoms with Crippen LogP contribution in [0.3, 0.4) is 0 Å². The number of thioether (sulfide) groups is 1. The Hall–Kier alpha value is -2.87. The standard InChI is InChI=1S/C21H23FN2O4S/c1-14-5-3-6-15(11-14)20(26)24-18(9-10-29-2)21(27)28-13-19(25)23-17-8-4-7-16(22)12-17/h3-8,11-12,18H,9-10,13H2,1-2H3,(H,23,25)(H,24,26)/t18-/m1/s1. The fraction of sp³-hybridized carbons (Fsp3) is 0.286. The first-order valence-electron chi connectivity index (χ1n) is 8.97. The van der Waals surface area contributed by atoms with Crippen LogP contribution in [0.4, 0.5) is 10.1 Å². The topological polar surface area (TPSA) is 84.5 Å². The summed E-state index contributed by atoms with van der Waals surface area (Å²) >= 11 is 1.53. The second-order valence-electron chi connectivity index (χ2n) is 6.34. The molecule has 0 aliphatic rings. The van der Waals surface area contributed by atoms with Crippen molar-refractivity contribution >= 4 is 35.2 Å². The fourth-order valence-electron chi connectivity index (χ4n) is 2.51. The van der Waals surface area contributed by atoms with E-state index in [1.54, 1.807) is 18.2 Å². The first kappa shape index (κ1) is 22.4. The summed E-state index contributed by atoms with van der Waals surface area (Å²) in [6.45, 7) is 1.33. The van der Waals surface area contributed by atoms with Gasteiger partial charge in [0.05, 0.1) is 0 Å². The van der Waals surface area contributed by atoms with Gasteiger partial charge in [-0.2, -0.15) is 11.8 Å². The van der Waals surface area contributed by atoms with Crippen LogP contribution in [0.25, 0.3) is 0 Å². The van der Waals surface area contributed by atoms with Crippen molar-refractivity contribution in [2.24, 2.45) is 0 Å². The first-order chi connectivity index (χ1) is 13.9. The number of benzene rings is 2. The maximum Gasteiger partial charge on any atom is 0.329 e. The van der Waals surface area contributed by atoms with Crippen molar-refractivity contribution in [2.45, 2.75) is 19.4 Å². The van der Waals surface area contributed by atoms with E-state index in [9.17, 15) is 18.8 Å². The van der Waals surface area contributed by atoms with E-state index in [1.807, 2.05) is 19.2 Å². The number of aryl methyl sites for hydroxylation is 1. The lowest BCUT2D eigenvalue weighted by atomic mass is 10.1. The maximum absolute atomic E-state index is 13.2. The molecule has 154 valence electrons. The zero-order valence-electron chi connectivity index (χ0n) is 16.2. The van der Waals surface area contributed by atoms with Gasteiger partial charge in [0.25, 0.3) is 11.8 Å². The van der Waals surface area contributed by atoms with Crippen molar-refractivity contribution in [3.8, 4) is 0 Å². The van der Waals surface area contributed by atoms with Gasteiger partial charge in [0.15, 0.2) is 6.61 Å². The molecule has 6 nitrogen and oxygen atoms in total. The lowest BCUT2D eigenvalue weighted by Crippen LogP contribution is -2.43. The zero-order chi connectivity index (χ0) is 21.2. The van der Waals surface area contributed by atoms with Crippen molar-refractivity contribution in [1.29, 1.82) is 0 Å². The normalized spacial score (nSPS) is 11.4. The highest BCUT2D eigenvalue weighted by Crippen LogP contribution is 2.10. The molecule has 0 bridgehead atoms. The number of rotatable bonds is 9. The van der Waals surface area contributed by atoms with Crippen molar-refractivity contribution in [3.05, 3.63) is 65.5 Å². The van der Waals surface area contributed by atoms with E-state index in [4.69, 9.17) is 4.74 Å². The summed E-state index contributed by atoms with van der Waals surface area (Å²) in [4.78, 5) is 36.8. The van der Waals surface area contributed by atoms with Gasteiger partial charge in [0.1, 0.15) is 11.9 Å². The van der Waals surface area contributed by atoms with Gasteiger partial charge in [0.2, 0.25) is 0 Å². The number of hydrogen-bond acceptors (Lipinski definition) is 5. The van der Waals surface area contributed by atoms with Crippen LogP contribution in [0.15, 0.2) is 48.5 Å². The van der Waals surface area contributed by atoms with Crippen molar-refractivity contribution in [2.75, 3.05) is 23.9 Å². The Morgan fingerprint density at radius 1 is 1.14 bits per heavy atom. The summed E-state index contributed by atoms with van der Waals surface area (Å²) in [7, 11) is 0. The molecule has 0 saturated heterocycles. The molecule has 1 atom stereocenters. The predicted octanol–water partition coefficient (Wildman–Crippen LogP) is 3.17. The third-order valence-electron chi connectivity index (χ3n) is 3.93. The summed E-state index contributed by atoms with van der Waals surface area (Å²) in [6, 6.07) is 11.5. The van der Waals surface area contributed by atoms with Crippen LogP contribution in [0.2, 0.25) is 0 Å². The van der Waals surface area contributed by atoms with Crippen LogP contribution in [0.1, 0.15) is 22.3 Å². The van der Waals surface area contributed by atoms with Gasteiger partial charge < -0.3 is 15.4 Å². The van der Waals surface area contributed by atoms with E-state index in [1.165, 1.54) is 30.0 Å². The molecule has 29 heavy (non-hydrogen) atoms. The van der Waals surface area contributed by atoms with Crippen molar-refractivity contribution < 1.29 is 23.5 Å². The molecule has 0 heterocycles. The minimum atomic E-state index is -0.877. The molecule has 0 unspecified atom stereocenters. The largest absolute Gasteiger partial charge is 0.454 e. The summed E-state index contributed by atoms with van der Waals surface area (Å²) in [5.41, 5.74) is 1.63. The Kier molecular flexibility index (Phi) is 8.67. The van der Waals surface area contributed by atoms with Gasteiger partial charge >= 0.3 is 5.97 Å². The Morgan fingerprint density at radius 3 is 2.59 bits per heavy atom. The molecular formula is C21H23FN2O4S. The first-order valence-corrected chi connectivity index (χ1v) is 10.4. The van der Waals surface area contributed by atoms with E-state index >= 15 is 0 Å². The predicted molar refractivity (Wildman–Crippen MR) is 111 cm³/mol. The SMILES string of the molecule is CSCC[C@@H](NC(=O)c1cccc(C)c1)C(=O)OCC(=O)Nc1cccc(F)c1. The van der Waals surface area contributed by atoms with Gasteiger partial charge in [-0.25, -0.2) is 9.18 Å². The summed E-state index contributed by atoms with van der Waals surface area (Å²) in [5, 5.41) is 5.11. The number of carbonyl (C=O) groups excluding carboxylic acids is 3. The van der Waals surface area contributed by atoms with Gasteiger partial charge in [-0.15, -0.1) is 0 Å². The van der Waals surface area contributed by atoms with Gasteiger partial charge in [-0.3, -0.25) is 9.59 Å². The zero-order valence-corrected chi connectivity index (χ0v) is 17.1. The summed E-state index contributed by atoms with van der Waals surface area (Å²) in [6.07, 6.45) is 2.25. The van der Waals surface area contributed by atoms with Crippen LogP contribution in [-0.2, 0) is 14.3 Å². The highest BCUT2D eigenvalue weighted by Gasteiger charge is 2.23. The number of carbonyl (C=O) groups is 3. The van der Waals surface area contributed by atoms with E-state index in [2.05, 4.69) is 10.6 Å². The average Bonchev–Trinajstić information content (AvgIpc) is 2.69. The average molecular weight is 418 g/mol. The second-order valence-corrected chi connectivity index (χ2v) is 7.33. The van der Waals surface area contributed by atoms with Gasteiger partial charge in [-0.05, 0) is 55.7 Å². The number of anilines is 1. The van der Waals surface area contributed by atoms with E-state index in [-0.39, 0.29) is 11.6 Å². The smallest absolute Gasteiger partial charge is 0.329 e. The molecule has 0 aromatic heterocycles. The van der Waals surface area contributed by atoms with E-state index in [0.717, 1.165) is 11.6 Å². The molecule has 0 aliphatic carbocycles. The highest BCUT2D eigenvalue weighted by molar-refractivity contribution is 7.98. The number of amides is 2. The number of hydrogen-bond donors (Lipinski definition) is 2. The Balaban J connectivity index is 1.93. The quantitative estimate of drug-likeness (QED) is 0.611. The molecule has 0 spiro atoms. The molecular weight excluding hydrogens is 395 g/mol. The summed E-state index contributed by atoms with van der Waals surface area (Å²) < 4.78 is 18.2. The lowest BCUT2D eigenvalue weighted by molar-refractivity contribution is -0.149. The molecule has 0 saturated carbocycles. The van der Waals surface area contributed by atoms with Crippen LogP contribution in [0.5, 0.6) is 0 Å². The molecule has 0 fully saturated rings. The molecule has 2 rings (SSSR count). The number of ether oxygens (including phenoxy) is 1. The molecule has 0 aliphatic heterocycles. The molecule has 2 aromatic carbocycles. The van der Waals surface area contributed by atoms with Crippen LogP contribution in [-0.4, -0.2) is 42.4 Å².